The summed E-state index contributed by atoms with van der Waals surface area (Å²) in [6.45, 7) is 10.8. The maximum atomic E-state index is 2.98. The lowest BCUT2D eigenvalue weighted by Crippen LogP contribution is -2.80. The molecule has 0 radical (unpaired) electrons. The Morgan fingerprint density at radius 3 is 1.22 bits per heavy atom. The Morgan fingerprint density at radius 1 is 0.429 bits per heavy atom. The number of rotatable bonds is 17. The van der Waals surface area contributed by atoms with E-state index in [2.05, 4.69) is 134 Å². The molecule has 0 saturated heterocycles. The largest absolute Gasteiger partial charge is 0.0802 e. The molecule has 8 aliphatic rings. The van der Waals surface area contributed by atoms with E-state index in [0.717, 1.165) is 23.7 Å². The number of hydrogen-bond acceptors (Lipinski definition) is 0. The molecule has 4 bridgehead atoms. The fourth-order valence-corrected chi connectivity index (χ4v) is 153. The second-order valence-corrected chi connectivity index (χ2v) is 110. The summed E-state index contributed by atoms with van der Waals surface area (Å²) in [4.78, 5) is 0. The summed E-state index contributed by atoms with van der Waals surface area (Å²) in [5.41, 5.74) is 8.97. The molecule has 0 aliphatic heterocycles. The molecule has 1 fully saturated rings. The predicted octanol–water partition coefficient (Wildman–Crippen LogP) is -5.36. The molecule has 10 rings (SSSR count). The summed E-state index contributed by atoms with van der Waals surface area (Å²) in [6, 6.07) is 25.3. The lowest BCUT2D eigenvalue weighted by Gasteiger charge is -2.77. The lowest BCUT2D eigenvalue weighted by atomic mass is 9.34. The zero-order valence-corrected chi connectivity index (χ0v) is 52.8. The minimum absolute atomic E-state index is 0.0233. The van der Waals surface area contributed by atoms with Gasteiger partial charge in [-0.25, -0.2) is 0 Å². The van der Waals surface area contributed by atoms with Crippen molar-refractivity contribution in [3.05, 3.63) is 119 Å². The fraction of sp³-hybridized carbons (Fsp3) is 0.412. The topological polar surface area (TPSA) is 0 Å². The Balaban J connectivity index is 1.67. The Labute approximate surface area is 331 Å². The molecule has 0 N–H and O–H groups in total. The maximum absolute atomic E-state index is 2.98. The molecule has 8 aliphatic carbocycles. The summed E-state index contributed by atoms with van der Waals surface area (Å²) in [6.07, 6.45) is 22.4. The van der Waals surface area contributed by atoms with Crippen LogP contribution in [0.2, 0.25) is 38.3 Å². The van der Waals surface area contributed by atoms with Crippen molar-refractivity contribution in [2.24, 2.45) is 23.7 Å². The first kappa shape index (κ1) is 37.9. The molecular formula is C34H66Si15. The highest BCUT2D eigenvalue weighted by atomic mass is 29.7. The van der Waals surface area contributed by atoms with Gasteiger partial charge in [-0.1, -0.05) is 135 Å². The van der Waals surface area contributed by atoms with Gasteiger partial charge in [0.2, 0.25) is 0 Å². The summed E-state index contributed by atoms with van der Waals surface area (Å²) >= 11 is 0. The van der Waals surface area contributed by atoms with Crippen molar-refractivity contribution in [3.8, 4) is 0 Å². The van der Waals surface area contributed by atoms with Crippen molar-refractivity contribution in [3.63, 3.8) is 0 Å². The predicted molar refractivity (Wildman–Crippen MR) is 271 cm³/mol. The first-order valence-corrected chi connectivity index (χ1v) is 74.1. The molecule has 15 heteroatoms. The highest BCUT2D eigenvalue weighted by Crippen LogP contribution is 2.77. The molecule has 0 nitrogen and oxygen atoms in total. The molecule has 49 heavy (non-hydrogen) atoms. The van der Waals surface area contributed by atoms with Crippen LogP contribution in [0.25, 0.3) is 0 Å². The average Bonchev–Trinajstić information content (AvgIpc) is 3.14. The van der Waals surface area contributed by atoms with E-state index in [0.29, 0.717) is 64.2 Å². The van der Waals surface area contributed by atoms with Gasteiger partial charge in [-0.2, -0.15) is 0 Å². The SMILES string of the molecule is C[SiH2][SiH2][SiH2]CC12c3ccccc3C([SiH2][SiH2][SiH2][SiH2]C)(C3C=CC=CC31)C1(C[SiH2][SiH2][SiH2][SiH2]C)c3ccccc3C2([SiH2][SiH2][SiH2][SiH2]C)C2C=CC=CC21. The Hall–Kier alpha value is 0.653. The third-order valence-electron chi connectivity index (χ3n) is 14.9. The third kappa shape index (κ3) is 5.75. The Kier molecular flexibility index (Phi) is 12.8. The molecule has 0 amide bonds. The first-order valence-electron chi connectivity index (χ1n) is 21.1. The number of hydrogen-bond donors (Lipinski definition) is 0. The van der Waals surface area contributed by atoms with Crippen LogP contribution in [0.5, 0.6) is 0 Å². The second kappa shape index (κ2) is 16.6. The van der Waals surface area contributed by atoms with Crippen molar-refractivity contribution < 1.29 is 0 Å². The van der Waals surface area contributed by atoms with Crippen molar-refractivity contribution in [1.82, 2.24) is 0 Å². The van der Waals surface area contributed by atoms with Crippen LogP contribution in [0.4, 0.5) is 0 Å². The second-order valence-electron chi connectivity index (χ2n) is 16.8. The van der Waals surface area contributed by atoms with Gasteiger partial charge >= 0.3 is 0 Å². The normalized spacial score (nSPS) is 38.0. The molecule has 0 heterocycles. The van der Waals surface area contributed by atoms with Gasteiger partial charge in [-0.05, 0) is 116 Å². The summed E-state index contributed by atoms with van der Waals surface area (Å²) in [7, 11) is 2.61. The zero-order valence-electron chi connectivity index (χ0n) is 31.6. The summed E-state index contributed by atoms with van der Waals surface area (Å²) in [5.74, 6) is 3.21. The highest BCUT2D eigenvalue weighted by Gasteiger charge is 2.77. The van der Waals surface area contributed by atoms with Gasteiger partial charge in [0.05, 0.1) is 0 Å². The average molecular weight is 896 g/mol. The van der Waals surface area contributed by atoms with Crippen molar-refractivity contribution in [2.75, 3.05) is 0 Å². The molecule has 0 aromatic heterocycles. The highest BCUT2D eigenvalue weighted by molar-refractivity contribution is 7.45. The van der Waals surface area contributed by atoms with Crippen molar-refractivity contribution in [1.29, 1.82) is 0 Å². The fourth-order valence-electron chi connectivity index (χ4n) is 13.4. The molecule has 8 unspecified atom stereocenters. The van der Waals surface area contributed by atoms with Gasteiger partial charge in [0, 0.05) is 83.1 Å². The molecule has 8 atom stereocenters. The summed E-state index contributed by atoms with van der Waals surface area (Å²) < 4.78 is 0. The van der Waals surface area contributed by atoms with Crippen LogP contribution in [0, 0.1) is 23.7 Å². The number of benzene rings is 2. The van der Waals surface area contributed by atoms with Crippen LogP contribution in [-0.2, 0) is 20.9 Å². The zero-order chi connectivity index (χ0) is 34.0. The molecule has 262 valence electrons. The van der Waals surface area contributed by atoms with Crippen LogP contribution < -0.4 is 0 Å². The van der Waals surface area contributed by atoms with Gasteiger partial charge in [0.1, 0.15) is 0 Å². The van der Waals surface area contributed by atoms with Crippen LogP contribution >= 0.6 is 0 Å². The maximum Gasteiger partial charge on any atom is 0.0197 e. The Bertz CT molecular complexity index is 1590. The van der Waals surface area contributed by atoms with E-state index in [4.69, 9.17) is 0 Å². The quantitative estimate of drug-likeness (QED) is 0.110. The van der Waals surface area contributed by atoms with E-state index in [1.807, 2.05) is 11.1 Å². The van der Waals surface area contributed by atoms with Crippen LogP contribution in [0.3, 0.4) is 0 Å². The van der Waals surface area contributed by atoms with Gasteiger partial charge < -0.3 is 0 Å². The Morgan fingerprint density at radius 2 is 0.796 bits per heavy atom. The van der Waals surface area contributed by atoms with Crippen molar-refractivity contribution >= 4 is 132 Å². The van der Waals surface area contributed by atoms with Crippen LogP contribution in [0.15, 0.2) is 97.1 Å². The van der Waals surface area contributed by atoms with Crippen LogP contribution in [-0.4, -0.2) is 132 Å². The smallest absolute Gasteiger partial charge is 0.0197 e. The van der Waals surface area contributed by atoms with Gasteiger partial charge in [0.25, 0.3) is 0 Å². The van der Waals surface area contributed by atoms with Crippen molar-refractivity contribution in [2.45, 2.75) is 59.2 Å². The standard InChI is InChI=1S/C34H66Si15/c1-35-43-39-21-31-23-13-5-9-17-27(23)34(42-49-46-38-4,28-18-10-6-14-24(28)31)32(22-40-47-44-36-2)25-15-7-11-19-29(25)33(31,41-48-45-37-3)30-20-12-8-16-26(30)32/h5-20,23,25,27,29H,21-22,35-49H2,1-4H3. The van der Waals surface area contributed by atoms with Gasteiger partial charge in [-0.15, -0.1) is 0 Å². The van der Waals surface area contributed by atoms with E-state index in [9.17, 15) is 0 Å². The molecule has 2 aromatic carbocycles. The monoisotopic (exact) mass is 894 g/mol. The first-order chi connectivity index (χ1) is 24.2. The van der Waals surface area contributed by atoms with Crippen LogP contribution in [0.1, 0.15) is 22.3 Å². The minimum atomic E-state index is -0.224. The molecule has 0 spiro atoms. The van der Waals surface area contributed by atoms with Gasteiger partial charge in [-0.3, -0.25) is 0 Å². The molecule has 2 aromatic rings. The van der Waals surface area contributed by atoms with E-state index >= 15 is 0 Å². The lowest BCUT2D eigenvalue weighted by molar-refractivity contribution is -0.000517. The van der Waals surface area contributed by atoms with Gasteiger partial charge in [0.15, 0.2) is 0 Å². The van der Waals surface area contributed by atoms with E-state index in [1.54, 1.807) is 12.1 Å². The molecular weight excluding hydrogens is 830 g/mol. The minimum Gasteiger partial charge on any atom is -0.0802 e. The third-order valence-corrected chi connectivity index (χ3v) is 148. The van der Waals surface area contributed by atoms with E-state index in [-0.39, 0.29) is 88.9 Å². The number of allylic oxidation sites excluding steroid dienone is 8. The molecule has 1 saturated carbocycles. The van der Waals surface area contributed by atoms with E-state index in [1.165, 1.54) is 0 Å². The summed E-state index contributed by atoms with van der Waals surface area (Å²) in [5, 5.41) is 0.909. The van der Waals surface area contributed by atoms with E-state index < -0.39 is 0 Å².